The monoisotopic (exact) mass is 217 g/mol. The van der Waals surface area contributed by atoms with Crippen molar-refractivity contribution in [3.05, 3.63) is 22.8 Å². The maximum Gasteiger partial charge on any atom is 0.335 e. The Bertz CT molecular complexity index is 330. The highest BCUT2D eigenvalue weighted by Crippen LogP contribution is 2.19. The Morgan fingerprint density at radius 1 is 1.69 bits per heavy atom. The molecule has 3 nitrogen and oxygen atoms in total. The lowest BCUT2D eigenvalue weighted by molar-refractivity contribution is 0.0696. The van der Waals surface area contributed by atoms with E-state index in [1.807, 2.05) is 6.92 Å². The van der Waals surface area contributed by atoms with Crippen molar-refractivity contribution in [1.29, 1.82) is 0 Å². The van der Waals surface area contributed by atoms with Crippen molar-refractivity contribution >= 4 is 29.3 Å². The standard InChI is InChI=1S/C8H8ClNO2S/c1-2-13-7-4-5(8(11)12)3-6(9)10-7/h3-4H,2H2,1H3,(H,11,12). The van der Waals surface area contributed by atoms with Crippen molar-refractivity contribution in [3.63, 3.8) is 0 Å². The SMILES string of the molecule is CCSc1cc(C(=O)O)cc(Cl)n1. The molecule has 0 amide bonds. The quantitative estimate of drug-likeness (QED) is 0.625. The summed E-state index contributed by atoms with van der Waals surface area (Å²) in [6, 6.07) is 2.85. The molecule has 1 aromatic heterocycles. The molecule has 13 heavy (non-hydrogen) atoms. The van der Waals surface area contributed by atoms with Crippen molar-refractivity contribution < 1.29 is 9.90 Å². The van der Waals surface area contributed by atoms with Crippen molar-refractivity contribution in [2.45, 2.75) is 11.9 Å². The fourth-order valence-electron chi connectivity index (χ4n) is 0.818. The number of aromatic carboxylic acids is 1. The Kier molecular flexibility index (Phi) is 3.57. The molecule has 0 saturated carbocycles. The van der Waals surface area contributed by atoms with Gasteiger partial charge < -0.3 is 5.11 Å². The number of carbonyl (C=O) groups is 1. The van der Waals surface area contributed by atoms with Crippen LogP contribution in [0.2, 0.25) is 5.15 Å². The number of carboxylic acids is 1. The number of aromatic nitrogens is 1. The molecule has 0 saturated heterocycles. The molecule has 0 radical (unpaired) electrons. The number of hydrogen-bond acceptors (Lipinski definition) is 3. The van der Waals surface area contributed by atoms with Crippen LogP contribution in [0, 0.1) is 0 Å². The number of carboxylic acid groups (broad SMARTS) is 1. The van der Waals surface area contributed by atoms with Gasteiger partial charge in [-0.3, -0.25) is 0 Å². The Hall–Kier alpha value is -0.740. The molecule has 1 heterocycles. The Balaban J connectivity index is 3.03. The normalized spacial score (nSPS) is 10.0. The molecule has 0 aliphatic rings. The molecule has 5 heteroatoms. The summed E-state index contributed by atoms with van der Waals surface area (Å²) in [6.45, 7) is 1.97. The number of halogens is 1. The second kappa shape index (κ2) is 4.48. The molecule has 1 N–H and O–H groups in total. The highest BCUT2D eigenvalue weighted by molar-refractivity contribution is 7.99. The molecule has 0 atom stereocenters. The third-order valence-electron chi connectivity index (χ3n) is 1.31. The molecule has 0 bridgehead atoms. The molecule has 0 unspecified atom stereocenters. The molecule has 0 fully saturated rings. The second-order valence-corrected chi connectivity index (χ2v) is 3.93. The molecule has 0 aliphatic carbocycles. The van der Waals surface area contributed by atoms with E-state index in [0.29, 0.717) is 5.03 Å². The summed E-state index contributed by atoms with van der Waals surface area (Å²) in [7, 11) is 0. The van der Waals surface area contributed by atoms with Crippen LogP contribution in [0.25, 0.3) is 0 Å². The van der Waals surface area contributed by atoms with Gasteiger partial charge in [0.25, 0.3) is 0 Å². The molecule has 0 aromatic carbocycles. The fraction of sp³-hybridized carbons (Fsp3) is 0.250. The number of hydrogen-bond donors (Lipinski definition) is 1. The molecule has 1 aromatic rings. The zero-order valence-electron chi connectivity index (χ0n) is 6.95. The smallest absolute Gasteiger partial charge is 0.335 e. The van der Waals surface area contributed by atoms with Gasteiger partial charge in [-0.1, -0.05) is 18.5 Å². The Morgan fingerprint density at radius 2 is 2.38 bits per heavy atom. The van der Waals surface area contributed by atoms with E-state index in [0.717, 1.165) is 5.75 Å². The first-order valence-corrected chi connectivity index (χ1v) is 5.03. The van der Waals surface area contributed by atoms with Gasteiger partial charge in [-0.25, -0.2) is 9.78 Å². The predicted molar refractivity (Wildman–Crippen MR) is 52.6 cm³/mol. The van der Waals surface area contributed by atoms with Crippen molar-refractivity contribution in [1.82, 2.24) is 4.98 Å². The Morgan fingerprint density at radius 3 is 2.92 bits per heavy atom. The van der Waals surface area contributed by atoms with Crippen LogP contribution in [0.4, 0.5) is 0 Å². The van der Waals surface area contributed by atoms with Crippen LogP contribution in [0.1, 0.15) is 17.3 Å². The lowest BCUT2D eigenvalue weighted by Gasteiger charge is -2.00. The topological polar surface area (TPSA) is 50.2 Å². The molecule has 1 rings (SSSR count). The van der Waals surface area contributed by atoms with Crippen LogP contribution in [0.5, 0.6) is 0 Å². The van der Waals surface area contributed by atoms with Crippen molar-refractivity contribution in [2.75, 3.05) is 5.75 Å². The summed E-state index contributed by atoms with van der Waals surface area (Å²) in [6.07, 6.45) is 0. The lowest BCUT2D eigenvalue weighted by Crippen LogP contribution is -1.97. The summed E-state index contributed by atoms with van der Waals surface area (Å²) in [5.41, 5.74) is 0.177. The minimum atomic E-state index is -0.984. The van der Waals surface area contributed by atoms with E-state index in [-0.39, 0.29) is 10.7 Å². The van der Waals surface area contributed by atoms with Gasteiger partial charge in [-0.2, -0.15) is 0 Å². The van der Waals surface area contributed by atoms with E-state index in [1.54, 1.807) is 0 Å². The van der Waals surface area contributed by atoms with Gasteiger partial charge in [0.2, 0.25) is 0 Å². The molecular weight excluding hydrogens is 210 g/mol. The number of pyridine rings is 1. The molecule has 0 spiro atoms. The van der Waals surface area contributed by atoms with Gasteiger partial charge in [0.05, 0.1) is 10.6 Å². The third-order valence-corrected chi connectivity index (χ3v) is 2.30. The Labute approximate surface area is 85.1 Å². The molecule has 70 valence electrons. The molecule has 0 aliphatic heterocycles. The zero-order valence-corrected chi connectivity index (χ0v) is 8.52. The first-order valence-electron chi connectivity index (χ1n) is 3.67. The van der Waals surface area contributed by atoms with E-state index in [1.165, 1.54) is 23.9 Å². The minimum absolute atomic E-state index is 0.177. The van der Waals surface area contributed by atoms with Gasteiger partial charge in [0, 0.05) is 0 Å². The third kappa shape index (κ3) is 2.90. The van der Waals surface area contributed by atoms with Gasteiger partial charge in [0.15, 0.2) is 0 Å². The predicted octanol–water partition coefficient (Wildman–Crippen LogP) is 2.55. The number of rotatable bonds is 3. The van der Waals surface area contributed by atoms with E-state index in [9.17, 15) is 4.79 Å². The van der Waals surface area contributed by atoms with Crippen LogP contribution in [0.15, 0.2) is 17.2 Å². The van der Waals surface area contributed by atoms with E-state index in [4.69, 9.17) is 16.7 Å². The largest absolute Gasteiger partial charge is 0.478 e. The van der Waals surface area contributed by atoms with Crippen LogP contribution < -0.4 is 0 Å². The molecular formula is C8H8ClNO2S. The average Bonchev–Trinajstić information content (AvgIpc) is 2.03. The first kappa shape index (κ1) is 10.3. The minimum Gasteiger partial charge on any atom is -0.478 e. The van der Waals surface area contributed by atoms with Crippen molar-refractivity contribution in [2.24, 2.45) is 0 Å². The van der Waals surface area contributed by atoms with E-state index >= 15 is 0 Å². The summed E-state index contributed by atoms with van der Waals surface area (Å²) >= 11 is 7.10. The summed E-state index contributed by atoms with van der Waals surface area (Å²) < 4.78 is 0. The number of thioether (sulfide) groups is 1. The van der Waals surface area contributed by atoms with E-state index in [2.05, 4.69) is 4.98 Å². The fourth-order valence-corrected chi connectivity index (χ4v) is 1.75. The van der Waals surface area contributed by atoms with Gasteiger partial charge in [0.1, 0.15) is 5.15 Å². The summed E-state index contributed by atoms with van der Waals surface area (Å²) in [4.78, 5) is 14.6. The van der Waals surface area contributed by atoms with Crippen LogP contribution in [-0.2, 0) is 0 Å². The van der Waals surface area contributed by atoms with Gasteiger partial charge in [-0.15, -0.1) is 11.8 Å². The van der Waals surface area contributed by atoms with Gasteiger partial charge >= 0.3 is 5.97 Å². The summed E-state index contributed by atoms with van der Waals surface area (Å²) in [5.74, 6) is -0.144. The highest BCUT2D eigenvalue weighted by Gasteiger charge is 2.06. The first-order chi connectivity index (χ1) is 6.13. The maximum atomic E-state index is 10.6. The maximum absolute atomic E-state index is 10.6. The number of nitrogens with zero attached hydrogens (tertiary/aromatic N) is 1. The highest BCUT2D eigenvalue weighted by atomic mass is 35.5. The lowest BCUT2D eigenvalue weighted by atomic mass is 10.3. The average molecular weight is 218 g/mol. The van der Waals surface area contributed by atoms with Crippen LogP contribution in [0.3, 0.4) is 0 Å². The van der Waals surface area contributed by atoms with E-state index < -0.39 is 5.97 Å². The second-order valence-electron chi connectivity index (χ2n) is 2.25. The van der Waals surface area contributed by atoms with Crippen molar-refractivity contribution in [3.8, 4) is 0 Å². The van der Waals surface area contributed by atoms with Gasteiger partial charge in [-0.05, 0) is 17.9 Å². The summed E-state index contributed by atoms with van der Waals surface area (Å²) in [5, 5.41) is 9.57. The van der Waals surface area contributed by atoms with Crippen LogP contribution >= 0.6 is 23.4 Å². The van der Waals surface area contributed by atoms with Crippen LogP contribution in [-0.4, -0.2) is 21.8 Å². The zero-order chi connectivity index (χ0) is 9.84.